The van der Waals surface area contributed by atoms with E-state index in [0.29, 0.717) is 5.92 Å². The van der Waals surface area contributed by atoms with Gasteiger partial charge in [0, 0.05) is 0 Å². The second-order valence-electron chi connectivity index (χ2n) is 2.83. The van der Waals surface area contributed by atoms with E-state index in [-0.39, 0.29) is 0 Å². The van der Waals surface area contributed by atoms with Gasteiger partial charge in [0.1, 0.15) is 5.67 Å². The van der Waals surface area contributed by atoms with Gasteiger partial charge in [-0.1, -0.05) is 0 Å². The Morgan fingerprint density at radius 2 is 2.43 bits per heavy atom. The van der Waals surface area contributed by atoms with E-state index in [4.69, 9.17) is 0 Å². The molecular formula is C6H9F. The maximum atomic E-state index is 12.7. The first-order chi connectivity index (χ1) is 3.31. The fourth-order valence-electron chi connectivity index (χ4n) is 1.66. The Morgan fingerprint density at radius 1 is 1.57 bits per heavy atom. The van der Waals surface area contributed by atoms with Crippen molar-refractivity contribution in [3.05, 3.63) is 0 Å². The van der Waals surface area contributed by atoms with Crippen molar-refractivity contribution in [2.75, 3.05) is 0 Å². The Morgan fingerprint density at radius 3 is 2.57 bits per heavy atom. The summed E-state index contributed by atoms with van der Waals surface area (Å²) >= 11 is 0. The summed E-state index contributed by atoms with van der Waals surface area (Å²) in [4.78, 5) is 0. The molecule has 1 heteroatoms. The SMILES string of the molecule is FC12CCCC1C2. The Kier molecular flexibility index (Phi) is 0.477. The van der Waals surface area contributed by atoms with Crippen molar-refractivity contribution < 1.29 is 4.39 Å². The fourth-order valence-corrected chi connectivity index (χ4v) is 1.66. The van der Waals surface area contributed by atoms with E-state index in [0.717, 1.165) is 25.7 Å². The molecule has 0 aliphatic heterocycles. The van der Waals surface area contributed by atoms with Gasteiger partial charge in [0.15, 0.2) is 0 Å². The molecule has 40 valence electrons. The molecule has 7 heavy (non-hydrogen) atoms. The van der Waals surface area contributed by atoms with Crippen LogP contribution in [0.15, 0.2) is 0 Å². The van der Waals surface area contributed by atoms with Crippen molar-refractivity contribution in [2.24, 2.45) is 5.92 Å². The number of hydrogen-bond donors (Lipinski definition) is 0. The van der Waals surface area contributed by atoms with E-state index in [2.05, 4.69) is 0 Å². The molecule has 2 fully saturated rings. The number of alkyl halides is 1. The standard InChI is InChI=1S/C6H9F/c7-6-3-1-2-5(6)4-6/h5H,1-4H2. The highest BCUT2D eigenvalue weighted by Crippen LogP contribution is 2.58. The molecular weight excluding hydrogens is 91.1 g/mol. The highest BCUT2D eigenvalue weighted by atomic mass is 19.1. The third-order valence-electron chi connectivity index (χ3n) is 2.30. The van der Waals surface area contributed by atoms with Crippen molar-refractivity contribution in [1.82, 2.24) is 0 Å². The lowest BCUT2D eigenvalue weighted by Crippen LogP contribution is -1.93. The quantitative estimate of drug-likeness (QED) is 0.436. The molecule has 0 saturated heterocycles. The molecule has 2 aliphatic carbocycles. The first kappa shape index (κ1) is 3.88. The predicted molar refractivity (Wildman–Crippen MR) is 25.8 cm³/mol. The van der Waals surface area contributed by atoms with E-state index in [1.54, 1.807) is 0 Å². The fraction of sp³-hybridized carbons (Fsp3) is 1.00. The summed E-state index contributed by atoms with van der Waals surface area (Å²) in [5.41, 5.74) is -0.639. The zero-order valence-electron chi connectivity index (χ0n) is 4.28. The van der Waals surface area contributed by atoms with Gasteiger partial charge in [-0.3, -0.25) is 0 Å². The topological polar surface area (TPSA) is 0 Å². The first-order valence-electron chi connectivity index (χ1n) is 3.00. The van der Waals surface area contributed by atoms with Crippen LogP contribution in [0.4, 0.5) is 4.39 Å². The third kappa shape index (κ3) is 0.361. The number of hydrogen-bond acceptors (Lipinski definition) is 0. The Bertz CT molecular complexity index is 98.4. The Balaban J connectivity index is 2.17. The molecule has 0 heterocycles. The van der Waals surface area contributed by atoms with Crippen molar-refractivity contribution in [2.45, 2.75) is 31.4 Å². The van der Waals surface area contributed by atoms with E-state index >= 15 is 0 Å². The molecule has 2 aliphatic rings. The summed E-state index contributed by atoms with van der Waals surface area (Å²) in [6, 6.07) is 0. The second kappa shape index (κ2) is 0.862. The number of fused-ring (bicyclic) bond motifs is 1. The minimum atomic E-state index is -0.639. The maximum Gasteiger partial charge on any atom is 0.114 e. The van der Waals surface area contributed by atoms with Gasteiger partial charge in [0.25, 0.3) is 0 Å². The molecule has 0 aromatic rings. The Labute approximate surface area is 42.7 Å². The molecule has 2 rings (SSSR count). The molecule has 2 unspecified atom stereocenters. The summed E-state index contributed by atoms with van der Waals surface area (Å²) in [5, 5.41) is 0. The van der Waals surface area contributed by atoms with Crippen LogP contribution < -0.4 is 0 Å². The maximum absolute atomic E-state index is 12.7. The minimum absolute atomic E-state index is 0.493. The lowest BCUT2D eigenvalue weighted by Gasteiger charge is -1.91. The van der Waals surface area contributed by atoms with Crippen LogP contribution >= 0.6 is 0 Å². The van der Waals surface area contributed by atoms with Gasteiger partial charge in [0.2, 0.25) is 0 Å². The van der Waals surface area contributed by atoms with Gasteiger partial charge >= 0.3 is 0 Å². The van der Waals surface area contributed by atoms with Crippen LogP contribution in [0.25, 0.3) is 0 Å². The summed E-state index contributed by atoms with van der Waals surface area (Å²) in [7, 11) is 0. The van der Waals surface area contributed by atoms with E-state index in [1.165, 1.54) is 0 Å². The lowest BCUT2D eigenvalue weighted by molar-refractivity contribution is 0.296. The van der Waals surface area contributed by atoms with Gasteiger partial charge < -0.3 is 0 Å². The highest BCUT2D eigenvalue weighted by molar-refractivity contribution is 5.07. The number of rotatable bonds is 0. The van der Waals surface area contributed by atoms with Crippen LogP contribution in [0.1, 0.15) is 25.7 Å². The van der Waals surface area contributed by atoms with Crippen LogP contribution in [0, 0.1) is 5.92 Å². The smallest absolute Gasteiger partial charge is 0.114 e. The monoisotopic (exact) mass is 100 g/mol. The van der Waals surface area contributed by atoms with Crippen molar-refractivity contribution in [3.8, 4) is 0 Å². The summed E-state index contributed by atoms with van der Waals surface area (Å²) < 4.78 is 12.7. The van der Waals surface area contributed by atoms with Crippen molar-refractivity contribution in [3.63, 3.8) is 0 Å². The molecule has 0 amide bonds. The predicted octanol–water partition coefficient (Wildman–Crippen LogP) is 1.90. The van der Waals surface area contributed by atoms with E-state index in [9.17, 15) is 4.39 Å². The zero-order valence-corrected chi connectivity index (χ0v) is 4.28. The minimum Gasteiger partial charge on any atom is -0.244 e. The molecule has 0 radical (unpaired) electrons. The average molecular weight is 100 g/mol. The van der Waals surface area contributed by atoms with Gasteiger partial charge in [-0.25, -0.2) is 4.39 Å². The molecule has 0 N–H and O–H groups in total. The zero-order chi connectivity index (χ0) is 4.91. The van der Waals surface area contributed by atoms with Crippen LogP contribution in [0.2, 0.25) is 0 Å². The highest BCUT2D eigenvalue weighted by Gasteiger charge is 2.57. The molecule has 2 saturated carbocycles. The first-order valence-corrected chi connectivity index (χ1v) is 3.00. The van der Waals surface area contributed by atoms with Crippen LogP contribution in [-0.4, -0.2) is 5.67 Å². The van der Waals surface area contributed by atoms with Crippen LogP contribution in [0.5, 0.6) is 0 Å². The molecule has 2 atom stereocenters. The Hall–Kier alpha value is -0.0700. The van der Waals surface area contributed by atoms with Crippen molar-refractivity contribution >= 4 is 0 Å². The van der Waals surface area contributed by atoms with E-state index < -0.39 is 5.67 Å². The molecule has 0 nitrogen and oxygen atoms in total. The van der Waals surface area contributed by atoms with Gasteiger partial charge in [0.05, 0.1) is 0 Å². The van der Waals surface area contributed by atoms with Crippen molar-refractivity contribution in [1.29, 1.82) is 0 Å². The molecule has 0 bridgehead atoms. The van der Waals surface area contributed by atoms with Gasteiger partial charge in [-0.15, -0.1) is 0 Å². The third-order valence-corrected chi connectivity index (χ3v) is 2.30. The molecule has 0 aromatic heterocycles. The number of halogens is 1. The molecule has 0 aromatic carbocycles. The van der Waals surface area contributed by atoms with Crippen LogP contribution in [0.3, 0.4) is 0 Å². The summed E-state index contributed by atoms with van der Waals surface area (Å²) in [6.07, 6.45) is 4.04. The largest absolute Gasteiger partial charge is 0.244 e. The summed E-state index contributed by atoms with van der Waals surface area (Å²) in [6.45, 7) is 0. The van der Waals surface area contributed by atoms with Gasteiger partial charge in [-0.05, 0) is 31.6 Å². The summed E-state index contributed by atoms with van der Waals surface area (Å²) in [5.74, 6) is 0.493. The molecule has 0 spiro atoms. The van der Waals surface area contributed by atoms with Crippen LogP contribution in [-0.2, 0) is 0 Å². The second-order valence-corrected chi connectivity index (χ2v) is 2.83. The van der Waals surface area contributed by atoms with Gasteiger partial charge in [-0.2, -0.15) is 0 Å². The average Bonchev–Trinajstić information content (AvgIpc) is 2.09. The lowest BCUT2D eigenvalue weighted by atomic mass is 10.2. The van der Waals surface area contributed by atoms with E-state index in [1.807, 2.05) is 0 Å². The normalized spacial score (nSPS) is 57.0.